The van der Waals surface area contributed by atoms with E-state index in [4.69, 9.17) is 9.47 Å². The second-order valence-electron chi connectivity index (χ2n) is 6.35. The Balaban J connectivity index is 1.62. The smallest absolute Gasteiger partial charge is 0.169 e. The van der Waals surface area contributed by atoms with E-state index in [1.807, 2.05) is 6.92 Å². The topological polar surface area (TPSA) is 41.9 Å². The van der Waals surface area contributed by atoms with Crippen LogP contribution in [0.2, 0.25) is 0 Å². The van der Waals surface area contributed by atoms with Gasteiger partial charge in [0, 0.05) is 24.6 Å². The second-order valence-corrected chi connectivity index (χ2v) is 6.35. The third kappa shape index (κ3) is 3.33. The van der Waals surface area contributed by atoms with Crippen LogP contribution in [-0.4, -0.2) is 48.6 Å². The van der Waals surface area contributed by atoms with Gasteiger partial charge in [-0.25, -0.2) is 4.39 Å². The van der Waals surface area contributed by atoms with Gasteiger partial charge in [0.25, 0.3) is 0 Å². The molecule has 0 amide bonds. The van der Waals surface area contributed by atoms with E-state index in [0.29, 0.717) is 25.3 Å². The maximum atomic E-state index is 13.8. The SMILES string of the molecule is CC1(C2CCCN(CC(O)c3ccccc3F)C2)OCCO1. The molecule has 0 saturated carbocycles. The predicted molar refractivity (Wildman–Crippen MR) is 80.8 cm³/mol. The molecule has 0 aromatic heterocycles. The third-order valence-electron chi connectivity index (χ3n) is 4.80. The van der Waals surface area contributed by atoms with Crippen molar-refractivity contribution in [3.63, 3.8) is 0 Å². The molecule has 2 saturated heterocycles. The van der Waals surface area contributed by atoms with E-state index in [9.17, 15) is 9.50 Å². The normalized spacial score (nSPS) is 27.0. The Morgan fingerprint density at radius 1 is 1.36 bits per heavy atom. The van der Waals surface area contributed by atoms with Gasteiger partial charge in [0.05, 0.1) is 19.3 Å². The number of β-amino-alcohol motifs (C(OH)–C–C–N with tert-alkyl or cyclic N) is 1. The Hall–Kier alpha value is -1.01. The molecule has 1 aromatic rings. The molecular formula is C17H24FNO3. The highest BCUT2D eigenvalue weighted by Crippen LogP contribution is 2.34. The van der Waals surface area contributed by atoms with Crippen LogP contribution in [0.25, 0.3) is 0 Å². The summed E-state index contributed by atoms with van der Waals surface area (Å²) >= 11 is 0. The van der Waals surface area contributed by atoms with E-state index in [2.05, 4.69) is 4.90 Å². The fourth-order valence-corrected chi connectivity index (χ4v) is 3.50. The molecular weight excluding hydrogens is 285 g/mol. The molecule has 2 aliphatic heterocycles. The molecule has 122 valence electrons. The fraction of sp³-hybridized carbons (Fsp3) is 0.647. The van der Waals surface area contributed by atoms with Crippen molar-refractivity contribution in [1.29, 1.82) is 0 Å². The lowest BCUT2D eigenvalue weighted by molar-refractivity contribution is -0.192. The lowest BCUT2D eigenvalue weighted by atomic mass is 9.90. The molecule has 22 heavy (non-hydrogen) atoms. The van der Waals surface area contributed by atoms with E-state index in [-0.39, 0.29) is 11.7 Å². The Bertz CT molecular complexity index is 504. The maximum absolute atomic E-state index is 13.8. The second kappa shape index (κ2) is 6.62. The number of aliphatic hydroxyl groups is 1. The van der Waals surface area contributed by atoms with E-state index in [0.717, 1.165) is 25.9 Å². The van der Waals surface area contributed by atoms with Crippen molar-refractivity contribution in [2.24, 2.45) is 5.92 Å². The van der Waals surface area contributed by atoms with E-state index >= 15 is 0 Å². The van der Waals surface area contributed by atoms with Gasteiger partial charge in [-0.3, -0.25) is 4.90 Å². The van der Waals surface area contributed by atoms with Crippen LogP contribution < -0.4 is 0 Å². The number of benzene rings is 1. The van der Waals surface area contributed by atoms with E-state index in [1.165, 1.54) is 6.07 Å². The molecule has 0 bridgehead atoms. The molecule has 0 radical (unpaired) electrons. The summed E-state index contributed by atoms with van der Waals surface area (Å²) in [5.74, 6) is -0.573. The Labute approximate surface area is 130 Å². The number of nitrogens with zero attached hydrogens (tertiary/aromatic N) is 1. The first kappa shape index (κ1) is 15.9. The summed E-state index contributed by atoms with van der Waals surface area (Å²) < 4.78 is 25.3. The lowest BCUT2D eigenvalue weighted by Crippen LogP contribution is -2.47. The van der Waals surface area contributed by atoms with Crippen LogP contribution in [0.5, 0.6) is 0 Å². The number of aliphatic hydroxyl groups excluding tert-OH is 1. The summed E-state index contributed by atoms with van der Waals surface area (Å²) in [7, 11) is 0. The minimum Gasteiger partial charge on any atom is -0.387 e. The zero-order valence-corrected chi connectivity index (χ0v) is 13.0. The number of rotatable bonds is 4. The monoisotopic (exact) mass is 309 g/mol. The van der Waals surface area contributed by atoms with Crippen LogP contribution in [-0.2, 0) is 9.47 Å². The van der Waals surface area contributed by atoms with Crippen LogP contribution in [0.1, 0.15) is 31.4 Å². The molecule has 1 aromatic carbocycles. The maximum Gasteiger partial charge on any atom is 0.169 e. The van der Waals surface area contributed by atoms with Crippen LogP contribution in [0.4, 0.5) is 4.39 Å². The highest BCUT2D eigenvalue weighted by atomic mass is 19.1. The molecule has 1 N–H and O–H groups in total. The van der Waals surface area contributed by atoms with Crippen molar-refractivity contribution in [1.82, 2.24) is 4.90 Å². The van der Waals surface area contributed by atoms with Crippen molar-refractivity contribution in [3.8, 4) is 0 Å². The Kier molecular flexibility index (Phi) is 4.78. The lowest BCUT2D eigenvalue weighted by Gasteiger charge is -2.40. The average molecular weight is 309 g/mol. The molecule has 2 atom stereocenters. The van der Waals surface area contributed by atoms with Crippen LogP contribution in [0.15, 0.2) is 24.3 Å². The molecule has 4 nitrogen and oxygen atoms in total. The zero-order chi connectivity index (χ0) is 15.6. The quantitative estimate of drug-likeness (QED) is 0.927. The van der Waals surface area contributed by atoms with Crippen molar-refractivity contribution >= 4 is 0 Å². The zero-order valence-electron chi connectivity index (χ0n) is 13.0. The highest BCUT2D eigenvalue weighted by molar-refractivity contribution is 5.20. The van der Waals surface area contributed by atoms with Gasteiger partial charge in [0.1, 0.15) is 5.82 Å². The summed E-state index contributed by atoms with van der Waals surface area (Å²) in [5.41, 5.74) is 0.365. The van der Waals surface area contributed by atoms with Crippen molar-refractivity contribution in [2.75, 3.05) is 32.8 Å². The largest absolute Gasteiger partial charge is 0.387 e. The number of hydrogen-bond acceptors (Lipinski definition) is 4. The molecule has 0 spiro atoms. The first-order valence-electron chi connectivity index (χ1n) is 8.01. The minimum absolute atomic E-state index is 0.288. The predicted octanol–water partition coefficient (Wildman–Crippen LogP) is 2.33. The van der Waals surface area contributed by atoms with Gasteiger partial charge in [-0.1, -0.05) is 18.2 Å². The summed E-state index contributed by atoms with van der Waals surface area (Å²) in [4.78, 5) is 2.18. The number of likely N-dealkylation sites (tertiary alicyclic amines) is 1. The molecule has 3 rings (SSSR count). The molecule has 5 heteroatoms. The summed E-state index contributed by atoms with van der Waals surface area (Å²) in [6, 6.07) is 6.42. The number of halogens is 1. The fourth-order valence-electron chi connectivity index (χ4n) is 3.50. The van der Waals surface area contributed by atoms with Crippen LogP contribution >= 0.6 is 0 Å². The van der Waals surface area contributed by atoms with Crippen molar-refractivity contribution in [3.05, 3.63) is 35.6 Å². The van der Waals surface area contributed by atoms with Crippen molar-refractivity contribution < 1.29 is 19.0 Å². The van der Waals surface area contributed by atoms with Gasteiger partial charge in [0.15, 0.2) is 5.79 Å². The van der Waals surface area contributed by atoms with Gasteiger partial charge >= 0.3 is 0 Å². The Morgan fingerprint density at radius 2 is 2.09 bits per heavy atom. The molecule has 2 aliphatic rings. The first-order chi connectivity index (χ1) is 10.6. The number of ether oxygens (including phenoxy) is 2. The third-order valence-corrected chi connectivity index (χ3v) is 4.80. The minimum atomic E-state index is -0.807. The van der Waals surface area contributed by atoms with Gasteiger partial charge < -0.3 is 14.6 Å². The van der Waals surface area contributed by atoms with E-state index in [1.54, 1.807) is 18.2 Å². The van der Waals surface area contributed by atoms with Crippen LogP contribution in [0.3, 0.4) is 0 Å². The molecule has 0 aliphatic carbocycles. The van der Waals surface area contributed by atoms with Gasteiger partial charge in [-0.05, 0) is 32.4 Å². The van der Waals surface area contributed by atoms with E-state index < -0.39 is 11.9 Å². The summed E-state index contributed by atoms with van der Waals surface area (Å²) in [6.45, 7) is 5.45. The average Bonchev–Trinajstić information content (AvgIpc) is 2.96. The highest BCUT2D eigenvalue weighted by Gasteiger charge is 2.41. The molecule has 2 fully saturated rings. The standard InChI is InChI=1S/C17H24FNO3/c1-17(21-9-10-22-17)13-5-4-8-19(11-13)12-16(20)14-6-2-3-7-15(14)18/h2-3,6-7,13,16,20H,4-5,8-12H2,1H3. The number of hydrogen-bond donors (Lipinski definition) is 1. The van der Waals surface area contributed by atoms with Crippen molar-refractivity contribution in [2.45, 2.75) is 31.7 Å². The van der Waals surface area contributed by atoms with Gasteiger partial charge in [0.2, 0.25) is 0 Å². The number of piperidine rings is 1. The van der Waals surface area contributed by atoms with Gasteiger partial charge in [-0.2, -0.15) is 0 Å². The Morgan fingerprint density at radius 3 is 2.82 bits per heavy atom. The molecule has 2 unspecified atom stereocenters. The first-order valence-corrected chi connectivity index (χ1v) is 8.01. The summed E-state index contributed by atoms with van der Waals surface area (Å²) in [6.07, 6.45) is 1.29. The summed E-state index contributed by atoms with van der Waals surface area (Å²) in [5, 5.41) is 10.3. The van der Waals surface area contributed by atoms with Crippen LogP contribution in [0, 0.1) is 11.7 Å². The molecule has 2 heterocycles. The van der Waals surface area contributed by atoms with Gasteiger partial charge in [-0.15, -0.1) is 0 Å².